The molecule has 0 amide bonds. The summed E-state index contributed by atoms with van der Waals surface area (Å²) in [5.74, 6) is 0. The van der Waals surface area contributed by atoms with Gasteiger partial charge in [0.2, 0.25) is 0 Å². The van der Waals surface area contributed by atoms with Gasteiger partial charge in [0.1, 0.15) is 0 Å². The Labute approximate surface area is 179 Å². The van der Waals surface area contributed by atoms with Crippen LogP contribution in [0.4, 0.5) is 0 Å². The zero-order valence-corrected chi connectivity index (χ0v) is 18.5. The van der Waals surface area contributed by atoms with Crippen LogP contribution in [0.25, 0.3) is 0 Å². The highest BCUT2D eigenvalue weighted by Crippen LogP contribution is 2.44. The molecule has 4 rings (SSSR count). The Morgan fingerprint density at radius 3 is 2.69 bits per heavy atom. The van der Waals surface area contributed by atoms with Crippen LogP contribution >= 0.6 is 12.2 Å². The van der Waals surface area contributed by atoms with E-state index in [9.17, 15) is 0 Å². The first kappa shape index (κ1) is 20.4. The Morgan fingerprint density at radius 1 is 1.21 bits per heavy atom. The predicted molar refractivity (Wildman–Crippen MR) is 120 cm³/mol. The van der Waals surface area contributed by atoms with Gasteiger partial charge in [-0.05, 0) is 62.7 Å². The molecule has 2 aromatic heterocycles. The molecule has 0 radical (unpaired) electrons. The number of nitrogens with zero attached hydrogens (tertiary/aromatic N) is 3. The molecule has 29 heavy (non-hydrogen) atoms. The molecule has 2 aromatic rings. The molecule has 1 aliphatic carbocycles. The molecule has 1 N–H and O–H groups in total. The van der Waals surface area contributed by atoms with Gasteiger partial charge in [0, 0.05) is 37.3 Å². The molecule has 2 atom stereocenters. The Balaban J connectivity index is 1.76. The predicted octanol–water partition coefficient (Wildman–Crippen LogP) is 4.45. The van der Waals surface area contributed by atoms with Gasteiger partial charge in [-0.25, -0.2) is 0 Å². The van der Waals surface area contributed by atoms with E-state index in [1.807, 2.05) is 12.3 Å². The van der Waals surface area contributed by atoms with Crippen molar-refractivity contribution in [1.82, 2.24) is 19.8 Å². The summed E-state index contributed by atoms with van der Waals surface area (Å²) < 4.78 is 7.71. The summed E-state index contributed by atoms with van der Waals surface area (Å²) in [6.45, 7) is 6.01. The molecule has 1 saturated carbocycles. The number of pyridine rings is 1. The highest BCUT2D eigenvalue weighted by molar-refractivity contribution is 7.80. The third kappa shape index (κ3) is 3.92. The van der Waals surface area contributed by atoms with E-state index in [1.165, 1.54) is 49.1 Å². The molecule has 1 aliphatic heterocycles. The molecule has 0 bridgehead atoms. The van der Waals surface area contributed by atoms with Gasteiger partial charge in [-0.3, -0.25) is 4.98 Å². The minimum Gasteiger partial charge on any atom is -0.383 e. The third-order valence-electron chi connectivity index (χ3n) is 6.55. The number of methoxy groups -OCH3 is 1. The minimum atomic E-state index is 0.0713. The maximum absolute atomic E-state index is 5.89. The summed E-state index contributed by atoms with van der Waals surface area (Å²) in [4.78, 5) is 7.18. The fourth-order valence-electron chi connectivity index (χ4n) is 5.10. The minimum absolute atomic E-state index is 0.0713. The van der Waals surface area contributed by atoms with Crippen LogP contribution in [-0.2, 0) is 11.3 Å². The molecule has 2 aliphatic rings. The van der Waals surface area contributed by atoms with E-state index in [0.29, 0.717) is 12.6 Å². The van der Waals surface area contributed by atoms with Crippen LogP contribution in [0, 0.1) is 13.8 Å². The topological polar surface area (TPSA) is 42.3 Å². The van der Waals surface area contributed by atoms with E-state index in [1.54, 1.807) is 7.11 Å². The van der Waals surface area contributed by atoms with Crippen molar-refractivity contribution in [2.24, 2.45) is 0 Å². The highest BCUT2D eigenvalue weighted by atomic mass is 32.1. The average Bonchev–Trinajstić information content (AvgIpc) is 3.23. The molecule has 3 heterocycles. The third-order valence-corrected chi connectivity index (χ3v) is 6.88. The summed E-state index contributed by atoms with van der Waals surface area (Å²) >= 11 is 5.89. The van der Waals surface area contributed by atoms with Crippen LogP contribution in [0.1, 0.15) is 66.8 Å². The van der Waals surface area contributed by atoms with Crippen molar-refractivity contribution in [1.29, 1.82) is 0 Å². The molecule has 2 fully saturated rings. The molecule has 0 aromatic carbocycles. The molecule has 0 unspecified atom stereocenters. The van der Waals surface area contributed by atoms with Gasteiger partial charge in [-0.15, -0.1) is 0 Å². The summed E-state index contributed by atoms with van der Waals surface area (Å²) in [5.41, 5.74) is 4.99. The van der Waals surface area contributed by atoms with Crippen molar-refractivity contribution >= 4 is 17.3 Å². The molecule has 5 nitrogen and oxygen atoms in total. The van der Waals surface area contributed by atoms with Crippen molar-refractivity contribution in [2.45, 2.75) is 70.6 Å². The van der Waals surface area contributed by atoms with Gasteiger partial charge in [0.25, 0.3) is 0 Å². The van der Waals surface area contributed by atoms with Crippen molar-refractivity contribution in [2.75, 3.05) is 13.7 Å². The van der Waals surface area contributed by atoms with E-state index < -0.39 is 0 Å². The average molecular weight is 413 g/mol. The van der Waals surface area contributed by atoms with Gasteiger partial charge in [0.05, 0.1) is 24.4 Å². The van der Waals surface area contributed by atoms with Crippen LogP contribution in [0.3, 0.4) is 0 Å². The first-order valence-electron chi connectivity index (χ1n) is 10.8. The number of thiocarbonyl (C=S) groups is 1. The quantitative estimate of drug-likeness (QED) is 0.710. The number of hydrogen-bond donors (Lipinski definition) is 1. The molecular weight excluding hydrogens is 380 g/mol. The van der Waals surface area contributed by atoms with Crippen molar-refractivity contribution in [3.8, 4) is 0 Å². The van der Waals surface area contributed by atoms with E-state index in [-0.39, 0.29) is 12.1 Å². The van der Waals surface area contributed by atoms with Gasteiger partial charge in [-0.2, -0.15) is 0 Å². The van der Waals surface area contributed by atoms with Crippen LogP contribution < -0.4 is 5.32 Å². The maximum Gasteiger partial charge on any atom is 0.170 e. The fraction of sp³-hybridized carbons (Fsp3) is 0.565. The van der Waals surface area contributed by atoms with Crippen LogP contribution in [0.2, 0.25) is 0 Å². The Hall–Kier alpha value is -1.92. The molecule has 1 saturated heterocycles. The van der Waals surface area contributed by atoms with E-state index in [2.05, 4.69) is 51.8 Å². The molecule has 6 heteroatoms. The SMILES string of the molecule is COCCn1c(C)cc([C@H]2[C@@H](c3ccccn3)NC(=S)N2C2CCCCC2)c1C. The lowest BCUT2D eigenvalue weighted by molar-refractivity contribution is 0.185. The number of aryl methyl sites for hydroxylation is 1. The summed E-state index contributed by atoms with van der Waals surface area (Å²) in [6, 6.07) is 9.24. The maximum atomic E-state index is 5.89. The number of ether oxygens (including phenoxy) is 1. The lowest BCUT2D eigenvalue weighted by Gasteiger charge is -2.37. The van der Waals surface area contributed by atoms with Crippen LogP contribution in [0.15, 0.2) is 30.5 Å². The Morgan fingerprint density at radius 2 is 2.00 bits per heavy atom. The van der Waals surface area contributed by atoms with Crippen LogP contribution in [0.5, 0.6) is 0 Å². The van der Waals surface area contributed by atoms with Gasteiger partial charge < -0.3 is 19.5 Å². The van der Waals surface area contributed by atoms with Gasteiger partial charge in [0.15, 0.2) is 5.11 Å². The zero-order valence-electron chi connectivity index (χ0n) is 17.7. The molecular formula is C23H32N4OS. The Kier molecular flexibility index (Phi) is 6.20. The first-order valence-corrected chi connectivity index (χ1v) is 11.2. The zero-order chi connectivity index (χ0) is 20.4. The normalized spacial score (nSPS) is 22.9. The summed E-state index contributed by atoms with van der Waals surface area (Å²) in [6.07, 6.45) is 8.23. The molecule has 0 spiro atoms. The number of hydrogen-bond acceptors (Lipinski definition) is 3. The number of nitrogens with one attached hydrogen (secondary N) is 1. The lowest BCUT2D eigenvalue weighted by atomic mass is 9.90. The second-order valence-electron chi connectivity index (χ2n) is 8.30. The van der Waals surface area contributed by atoms with Crippen molar-refractivity contribution in [3.63, 3.8) is 0 Å². The monoisotopic (exact) mass is 412 g/mol. The first-order chi connectivity index (χ1) is 14.1. The van der Waals surface area contributed by atoms with E-state index in [4.69, 9.17) is 17.0 Å². The van der Waals surface area contributed by atoms with E-state index in [0.717, 1.165) is 17.4 Å². The summed E-state index contributed by atoms with van der Waals surface area (Å²) in [7, 11) is 1.76. The number of rotatable bonds is 6. The van der Waals surface area contributed by atoms with Crippen LogP contribution in [-0.4, -0.2) is 39.3 Å². The Bertz CT molecular complexity index is 844. The van der Waals surface area contributed by atoms with Gasteiger partial charge in [-0.1, -0.05) is 25.3 Å². The van der Waals surface area contributed by atoms with Crippen molar-refractivity contribution in [3.05, 3.63) is 53.1 Å². The summed E-state index contributed by atoms with van der Waals surface area (Å²) in [5, 5.41) is 4.50. The lowest BCUT2D eigenvalue weighted by Crippen LogP contribution is -2.40. The van der Waals surface area contributed by atoms with Gasteiger partial charge >= 0.3 is 0 Å². The standard InChI is InChI=1S/C23H32N4OS/c1-16-15-19(17(2)26(16)13-14-28-3)22-21(20-11-7-8-12-24-20)25-23(29)27(22)18-9-5-4-6-10-18/h7-8,11-12,15,18,21-22H,4-6,9-10,13-14H2,1-3H3,(H,25,29)/t21-,22+/m1/s1. The second-order valence-corrected chi connectivity index (χ2v) is 8.68. The fourth-order valence-corrected chi connectivity index (χ4v) is 5.49. The second kappa shape index (κ2) is 8.84. The number of aromatic nitrogens is 2. The van der Waals surface area contributed by atoms with E-state index >= 15 is 0 Å². The highest BCUT2D eigenvalue weighted by Gasteiger charge is 2.44. The van der Waals surface area contributed by atoms with Crippen molar-refractivity contribution < 1.29 is 4.74 Å². The molecule has 156 valence electrons. The largest absolute Gasteiger partial charge is 0.383 e. The smallest absolute Gasteiger partial charge is 0.170 e.